The van der Waals surface area contributed by atoms with Crippen LogP contribution >= 0.6 is 23.5 Å². The highest BCUT2D eigenvalue weighted by atomic mass is 32.2. The van der Waals surface area contributed by atoms with Crippen molar-refractivity contribution in [1.82, 2.24) is 0 Å². The van der Waals surface area contributed by atoms with E-state index < -0.39 is 0 Å². The van der Waals surface area contributed by atoms with E-state index in [1.165, 1.54) is 0 Å². The Bertz CT molecular complexity index is 252. The molecule has 4 atom stereocenters. The second-order valence-electron chi connectivity index (χ2n) is 4.61. The first-order valence-corrected chi connectivity index (χ1v) is 9.57. The number of ether oxygens (including phenoxy) is 5. The van der Waals surface area contributed by atoms with E-state index in [9.17, 15) is 0 Å². The number of thioether (sulfide) groups is 2. The summed E-state index contributed by atoms with van der Waals surface area (Å²) in [5.41, 5.74) is 0. The highest BCUT2D eigenvalue weighted by Crippen LogP contribution is 2.32. The van der Waals surface area contributed by atoms with Crippen molar-refractivity contribution in [2.24, 2.45) is 0 Å². The molecule has 0 unspecified atom stereocenters. The van der Waals surface area contributed by atoms with Crippen LogP contribution in [0.5, 0.6) is 0 Å². The minimum absolute atomic E-state index is 0.0978. The van der Waals surface area contributed by atoms with Crippen LogP contribution in [-0.4, -0.2) is 82.7 Å². The molecule has 0 aliphatic rings. The van der Waals surface area contributed by atoms with Crippen LogP contribution in [0.25, 0.3) is 0 Å². The van der Waals surface area contributed by atoms with Crippen molar-refractivity contribution in [2.45, 2.75) is 42.8 Å². The highest BCUT2D eigenvalue weighted by Gasteiger charge is 2.39. The Balaban J connectivity index is 5.24. The summed E-state index contributed by atoms with van der Waals surface area (Å²) in [4.78, 5) is 0. The Labute approximate surface area is 144 Å². The van der Waals surface area contributed by atoms with E-state index >= 15 is 0 Å². The van der Waals surface area contributed by atoms with Gasteiger partial charge in [-0.2, -0.15) is 0 Å². The van der Waals surface area contributed by atoms with Crippen molar-refractivity contribution in [2.75, 3.05) is 53.7 Å². The van der Waals surface area contributed by atoms with Crippen molar-refractivity contribution in [3.63, 3.8) is 0 Å². The molecule has 7 heteroatoms. The molecular weight excluding hydrogens is 324 g/mol. The maximum Gasteiger partial charge on any atom is 0.114 e. The maximum absolute atomic E-state index is 5.78. The third-order valence-electron chi connectivity index (χ3n) is 3.39. The molecule has 0 aromatic carbocycles. The van der Waals surface area contributed by atoms with Crippen molar-refractivity contribution in [3.8, 4) is 0 Å². The van der Waals surface area contributed by atoms with Gasteiger partial charge < -0.3 is 23.7 Å². The topological polar surface area (TPSA) is 46.2 Å². The zero-order chi connectivity index (χ0) is 17.0. The van der Waals surface area contributed by atoms with Gasteiger partial charge in [0, 0.05) is 35.5 Å². The van der Waals surface area contributed by atoms with Crippen LogP contribution in [0.15, 0.2) is 0 Å². The summed E-state index contributed by atoms with van der Waals surface area (Å²) in [6.45, 7) is 4.75. The maximum atomic E-state index is 5.78. The average molecular weight is 357 g/mol. The van der Waals surface area contributed by atoms with Crippen molar-refractivity contribution in [3.05, 3.63) is 0 Å². The fourth-order valence-corrected chi connectivity index (χ4v) is 5.15. The van der Waals surface area contributed by atoms with Crippen LogP contribution in [-0.2, 0) is 23.7 Å². The lowest BCUT2D eigenvalue weighted by Gasteiger charge is -2.37. The molecule has 5 nitrogen and oxygen atoms in total. The number of hydrogen-bond donors (Lipinski definition) is 0. The van der Waals surface area contributed by atoms with Gasteiger partial charge in [-0.05, 0) is 11.5 Å². The van der Waals surface area contributed by atoms with Crippen LogP contribution in [0.1, 0.15) is 13.8 Å². The molecule has 0 aromatic heterocycles. The minimum atomic E-state index is -0.266. The Morgan fingerprint density at radius 2 is 1.18 bits per heavy atom. The van der Waals surface area contributed by atoms with E-state index in [2.05, 4.69) is 13.8 Å². The Morgan fingerprint density at radius 1 is 0.682 bits per heavy atom. The molecule has 0 aliphatic heterocycles. The second-order valence-corrected chi connectivity index (χ2v) is 7.75. The number of methoxy groups -OCH3 is 5. The molecule has 0 saturated carbocycles. The van der Waals surface area contributed by atoms with E-state index in [4.69, 9.17) is 23.7 Å². The molecule has 0 heterocycles. The molecule has 0 saturated heterocycles. The summed E-state index contributed by atoms with van der Waals surface area (Å²) in [5.74, 6) is 2.05. The zero-order valence-electron chi connectivity index (χ0n) is 14.9. The molecule has 134 valence electrons. The van der Waals surface area contributed by atoms with Gasteiger partial charge in [0.15, 0.2) is 0 Å². The Kier molecular flexibility index (Phi) is 14.2. The van der Waals surface area contributed by atoms with Gasteiger partial charge in [-0.25, -0.2) is 0 Å². The number of rotatable bonds is 14. The van der Waals surface area contributed by atoms with Gasteiger partial charge >= 0.3 is 0 Å². The first-order valence-electron chi connectivity index (χ1n) is 7.48. The zero-order valence-corrected chi connectivity index (χ0v) is 16.5. The van der Waals surface area contributed by atoms with Crippen LogP contribution in [0.4, 0.5) is 0 Å². The Hall–Kier alpha value is 0.500. The van der Waals surface area contributed by atoms with E-state index in [0.29, 0.717) is 6.61 Å². The fraction of sp³-hybridized carbons (Fsp3) is 1.00. The molecule has 22 heavy (non-hydrogen) atoms. The van der Waals surface area contributed by atoms with Crippen LogP contribution in [0.3, 0.4) is 0 Å². The van der Waals surface area contributed by atoms with E-state index in [1.54, 1.807) is 35.5 Å². The van der Waals surface area contributed by atoms with Gasteiger partial charge in [0.05, 0.1) is 11.2 Å². The predicted octanol–water partition coefficient (Wildman–Crippen LogP) is 2.53. The summed E-state index contributed by atoms with van der Waals surface area (Å²) in [6, 6.07) is 0. The third kappa shape index (κ3) is 6.95. The molecule has 0 aromatic rings. The van der Waals surface area contributed by atoms with Crippen molar-refractivity contribution >= 4 is 23.5 Å². The van der Waals surface area contributed by atoms with Gasteiger partial charge in [-0.15, -0.1) is 23.5 Å². The normalized spacial score (nSPS) is 17.5. The van der Waals surface area contributed by atoms with Crippen LogP contribution < -0.4 is 0 Å². The molecular formula is C15H32O5S2. The molecule has 0 radical (unpaired) electrons. The van der Waals surface area contributed by atoms with Gasteiger partial charge in [0.25, 0.3) is 0 Å². The quantitative estimate of drug-likeness (QED) is 0.443. The summed E-state index contributed by atoms with van der Waals surface area (Å²) in [5, 5.41) is 0. The monoisotopic (exact) mass is 356 g/mol. The summed E-state index contributed by atoms with van der Waals surface area (Å²) < 4.78 is 28.2. The average Bonchev–Trinajstić information content (AvgIpc) is 2.53. The lowest BCUT2D eigenvalue weighted by Crippen LogP contribution is -2.52. The minimum Gasteiger partial charge on any atom is -0.382 e. The lowest BCUT2D eigenvalue weighted by molar-refractivity contribution is -0.155. The Morgan fingerprint density at radius 3 is 1.50 bits per heavy atom. The molecule has 0 spiro atoms. The molecule has 0 bridgehead atoms. The second kappa shape index (κ2) is 13.9. The summed E-state index contributed by atoms with van der Waals surface area (Å²) >= 11 is 3.74. The largest absolute Gasteiger partial charge is 0.382 e. The first kappa shape index (κ1) is 22.5. The van der Waals surface area contributed by atoms with Crippen LogP contribution in [0.2, 0.25) is 0 Å². The predicted molar refractivity (Wildman–Crippen MR) is 95.1 cm³/mol. The van der Waals surface area contributed by atoms with E-state index in [-0.39, 0.29) is 29.0 Å². The van der Waals surface area contributed by atoms with Gasteiger partial charge in [-0.1, -0.05) is 13.8 Å². The van der Waals surface area contributed by atoms with E-state index in [0.717, 1.165) is 11.5 Å². The first-order chi connectivity index (χ1) is 10.6. The summed E-state index contributed by atoms with van der Waals surface area (Å²) in [7, 11) is 8.38. The highest BCUT2D eigenvalue weighted by molar-refractivity contribution is 8.17. The third-order valence-corrected chi connectivity index (χ3v) is 6.07. The van der Waals surface area contributed by atoms with Crippen molar-refractivity contribution in [1.29, 1.82) is 0 Å². The fourth-order valence-electron chi connectivity index (χ4n) is 2.38. The van der Waals surface area contributed by atoms with Crippen molar-refractivity contribution < 1.29 is 23.7 Å². The van der Waals surface area contributed by atoms with Gasteiger partial charge in [-0.3, -0.25) is 0 Å². The molecule has 0 N–H and O–H groups in total. The number of hydrogen-bond acceptors (Lipinski definition) is 7. The molecule has 0 rings (SSSR count). The van der Waals surface area contributed by atoms with Crippen LogP contribution in [0, 0.1) is 0 Å². The van der Waals surface area contributed by atoms with Gasteiger partial charge in [0.2, 0.25) is 0 Å². The standard InChI is InChI=1S/C15H32O5S2/c1-8-21-15(22-9-2)14(20-7)13(19-6)12(18-5)11(17-4)10-16-3/h11-15H,8-10H2,1-7H3/t11-,12-,13+,14-/m1/s1. The molecule has 0 fully saturated rings. The van der Waals surface area contributed by atoms with Gasteiger partial charge in [0.1, 0.15) is 24.4 Å². The molecule has 0 aliphatic carbocycles. The SMILES string of the molecule is CCSC(SCC)[C@H](OC)[C@@H](OC)[C@H](OC)[C@@H](COC)OC. The smallest absolute Gasteiger partial charge is 0.114 e. The van der Waals surface area contributed by atoms with E-state index in [1.807, 2.05) is 23.5 Å². The summed E-state index contributed by atoms with van der Waals surface area (Å²) in [6.07, 6.45) is -0.814. The molecule has 0 amide bonds. The lowest BCUT2D eigenvalue weighted by atomic mass is 10.0.